The highest BCUT2D eigenvalue weighted by Crippen LogP contribution is 2.28. The van der Waals surface area contributed by atoms with Crippen LogP contribution >= 0.6 is 0 Å². The summed E-state index contributed by atoms with van der Waals surface area (Å²) in [4.78, 5) is 30.1. The van der Waals surface area contributed by atoms with Gasteiger partial charge in [0, 0.05) is 28.7 Å². The Morgan fingerprint density at radius 3 is 2.52 bits per heavy atom. The summed E-state index contributed by atoms with van der Waals surface area (Å²) in [5, 5.41) is 15.8. The lowest BCUT2D eigenvalue weighted by molar-refractivity contribution is -0.135. The average Bonchev–Trinajstić information content (AvgIpc) is 2.85. The molecule has 3 N–H and O–H groups in total. The van der Waals surface area contributed by atoms with Crippen LogP contribution in [0.3, 0.4) is 0 Å². The van der Waals surface area contributed by atoms with E-state index in [1.54, 1.807) is 12.1 Å². The van der Waals surface area contributed by atoms with Gasteiger partial charge in [0.15, 0.2) is 0 Å². The molecule has 7 nitrogen and oxygen atoms in total. The minimum atomic E-state index is -1.07. The number of pyridine rings is 1. The number of amides is 1. The largest absolute Gasteiger partial charge is 0.480 e. The van der Waals surface area contributed by atoms with E-state index in [1.807, 2.05) is 30.3 Å². The number of rotatable bonds is 9. The van der Waals surface area contributed by atoms with Crippen LogP contribution in [0.25, 0.3) is 22.2 Å². The van der Waals surface area contributed by atoms with Crippen LogP contribution in [0.4, 0.5) is 5.69 Å². The van der Waals surface area contributed by atoms with Gasteiger partial charge in [0.2, 0.25) is 0 Å². The van der Waals surface area contributed by atoms with Crippen molar-refractivity contribution in [3.8, 4) is 11.3 Å². The van der Waals surface area contributed by atoms with Crippen LogP contribution in [-0.4, -0.2) is 59.6 Å². The Morgan fingerprint density at radius 1 is 1.00 bits per heavy atom. The number of likely N-dealkylation sites (tertiary alicyclic amines) is 1. The second-order valence-electron chi connectivity index (χ2n) is 8.41. The molecule has 1 aliphatic rings. The smallest absolute Gasteiger partial charge is 0.322 e. The highest BCUT2D eigenvalue weighted by molar-refractivity contribution is 5.97. The van der Waals surface area contributed by atoms with Gasteiger partial charge >= 0.3 is 5.97 Å². The molecule has 3 aromatic rings. The maximum atomic E-state index is 12.1. The molecule has 7 heteroatoms. The number of carbonyl (C=O) groups excluding carboxylic acids is 1. The molecule has 0 radical (unpaired) electrons. The zero-order chi connectivity index (χ0) is 23.0. The Hall–Kier alpha value is -3.45. The number of piperidine rings is 1. The van der Waals surface area contributed by atoms with Gasteiger partial charge in [-0.15, -0.1) is 0 Å². The van der Waals surface area contributed by atoms with E-state index in [0.717, 1.165) is 47.4 Å². The zero-order valence-electron chi connectivity index (χ0n) is 18.7. The topological polar surface area (TPSA) is 94.6 Å². The summed E-state index contributed by atoms with van der Waals surface area (Å²) < 4.78 is 0. The first-order valence-electron chi connectivity index (χ1n) is 11.6. The number of hydrogen-bond donors (Lipinski definition) is 3. The fraction of sp³-hybridized carbons (Fsp3) is 0.346. The zero-order valence-corrected chi connectivity index (χ0v) is 18.7. The van der Waals surface area contributed by atoms with Crippen LogP contribution in [0.15, 0.2) is 54.6 Å². The molecule has 1 fully saturated rings. The third-order valence-electron chi connectivity index (χ3n) is 5.97. The van der Waals surface area contributed by atoms with Gasteiger partial charge in [-0.05, 0) is 63.2 Å². The first-order valence-corrected chi connectivity index (χ1v) is 11.6. The summed E-state index contributed by atoms with van der Waals surface area (Å²) in [7, 11) is 0. The molecular weight excluding hydrogens is 416 g/mol. The molecular formula is C26H30N4O3. The molecule has 1 aromatic heterocycles. The monoisotopic (exact) mass is 446 g/mol. The molecule has 0 atom stereocenters. The van der Waals surface area contributed by atoms with Gasteiger partial charge in [-0.1, -0.05) is 36.8 Å². The Bertz CT molecular complexity index is 1110. The summed E-state index contributed by atoms with van der Waals surface area (Å²) in [5.41, 5.74) is 4.10. The Labute approximate surface area is 193 Å². The van der Waals surface area contributed by atoms with E-state index >= 15 is 0 Å². The van der Waals surface area contributed by atoms with Crippen LogP contribution in [0.5, 0.6) is 0 Å². The van der Waals surface area contributed by atoms with Crippen molar-refractivity contribution in [1.29, 1.82) is 0 Å². The van der Waals surface area contributed by atoms with Gasteiger partial charge in [0.1, 0.15) is 6.54 Å². The van der Waals surface area contributed by atoms with Gasteiger partial charge in [-0.25, -0.2) is 4.98 Å². The van der Waals surface area contributed by atoms with Crippen LogP contribution < -0.4 is 10.6 Å². The van der Waals surface area contributed by atoms with Crippen molar-refractivity contribution in [2.24, 2.45) is 0 Å². The van der Waals surface area contributed by atoms with E-state index in [4.69, 9.17) is 10.1 Å². The number of carbonyl (C=O) groups is 2. The molecule has 2 aromatic carbocycles. The van der Waals surface area contributed by atoms with Crippen molar-refractivity contribution >= 4 is 28.5 Å². The van der Waals surface area contributed by atoms with Crippen LogP contribution in [0.2, 0.25) is 0 Å². The lowest BCUT2D eigenvalue weighted by Gasteiger charge is -2.26. The lowest BCUT2D eigenvalue weighted by Crippen LogP contribution is -2.31. The molecule has 172 valence electrons. The van der Waals surface area contributed by atoms with Crippen molar-refractivity contribution < 1.29 is 14.7 Å². The first-order chi connectivity index (χ1) is 16.1. The van der Waals surface area contributed by atoms with Crippen molar-refractivity contribution in [3.05, 3.63) is 60.2 Å². The molecule has 0 unspecified atom stereocenters. The number of nitrogens with one attached hydrogen (secondary N) is 2. The number of carboxylic acids is 1. The van der Waals surface area contributed by atoms with Crippen molar-refractivity contribution in [2.75, 3.05) is 38.0 Å². The third kappa shape index (κ3) is 6.08. The van der Waals surface area contributed by atoms with Crippen molar-refractivity contribution in [3.63, 3.8) is 0 Å². The molecule has 0 saturated carbocycles. The molecule has 2 heterocycles. The third-order valence-corrected chi connectivity index (χ3v) is 5.97. The standard InChI is InChI=1S/C26H30N4O3/c31-25(32)18-28-26(33)20-11-9-19(10-12-20)23-17-24(21-7-2-3-8-22(21)29-23)27-13-6-16-30-14-4-1-5-15-30/h2-3,7-12,17H,1,4-6,13-16,18H2,(H,27,29)(H,28,33)(H,31,32). The SMILES string of the molecule is O=C(O)CNC(=O)c1ccc(-c2cc(NCCCN3CCCCC3)c3ccccc3n2)cc1. The van der Waals surface area contributed by atoms with Crippen molar-refractivity contribution in [2.45, 2.75) is 25.7 Å². The molecule has 0 bridgehead atoms. The summed E-state index contributed by atoms with van der Waals surface area (Å²) in [6, 6.07) is 17.2. The molecule has 0 spiro atoms. The summed E-state index contributed by atoms with van der Waals surface area (Å²) in [6.45, 7) is 4.04. The number of anilines is 1. The molecule has 0 aliphatic carbocycles. The molecule has 33 heavy (non-hydrogen) atoms. The van der Waals surface area contributed by atoms with E-state index in [9.17, 15) is 9.59 Å². The predicted octanol–water partition coefficient (Wildman–Crippen LogP) is 4.00. The van der Waals surface area contributed by atoms with Crippen LogP contribution in [0, 0.1) is 0 Å². The summed E-state index contributed by atoms with van der Waals surface area (Å²) in [6.07, 6.45) is 5.07. The van der Waals surface area contributed by atoms with E-state index < -0.39 is 18.4 Å². The number of fused-ring (bicyclic) bond motifs is 1. The highest BCUT2D eigenvalue weighted by atomic mass is 16.4. The Balaban J connectivity index is 1.47. The minimum absolute atomic E-state index is 0.403. The van der Waals surface area contributed by atoms with Gasteiger partial charge < -0.3 is 20.6 Å². The number of aromatic nitrogens is 1. The van der Waals surface area contributed by atoms with Gasteiger partial charge in [0.05, 0.1) is 11.2 Å². The number of para-hydroxylation sites is 1. The fourth-order valence-corrected chi connectivity index (χ4v) is 4.23. The van der Waals surface area contributed by atoms with E-state index in [2.05, 4.69) is 27.7 Å². The van der Waals surface area contributed by atoms with Gasteiger partial charge in [-0.2, -0.15) is 0 Å². The maximum Gasteiger partial charge on any atom is 0.322 e. The van der Waals surface area contributed by atoms with Crippen LogP contribution in [-0.2, 0) is 4.79 Å². The molecule has 1 saturated heterocycles. The quantitative estimate of drug-likeness (QED) is 0.430. The van der Waals surface area contributed by atoms with E-state index in [0.29, 0.717) is 5.56 Å². The molecule has 1 aliphatic heterocycles. The maximum absolute atomic E-state index is 12.1. The van der Waals surface area contributed by atoms with Gasteiger partial charge in [0.25, 0.3) is 5.91 Å². The molecule has 4 rings (SSSR count). The lowest BCUT2D eigenvalue weighted by atomic mass is 10.1. The fourth-order valence-electron chi connectivity index (χ4n) is 4.23. The van der Waals surface area contributed by atoms with E-state index in [-0.39, 0.29) is 0 Å². The number of hydrogen-bond acceptors (Lipinski definition) is 5. The van der Waals surface area contributed by atoms with Crippen LogP contribution in [0.1, 0.15) is 36.0 Å². The van der Waals surface area contributed by atoms with Crippen molar-refractivity contribution in [1.82, 2.24) is 15.2 Å². The Kier molecular flexibility index (Phi) is 7.52. The summed E-state index contributed by atoms with van der Waals surface area (Å²) in [5.74, 6) is -1.48. The second kappa shape index (κ2) is 10.9. The number of carboxylic acid groups (broad SMARTS) is 1. The Morgan fingerprint density at radius 2 is 1.76 bits per heavy atom. The minimum Gasteiger partial charge on any atom is -0.480 e. The normalized spacial score (nSPS) is 14.2. The predicted molar refractivity (Wildman–Crippen MR) is 131 cm³/mol. The average molecular weight is 447 g/mol. The first kappa shape index (κ1) is 22.7. The second-order valence-corrected chi connectivity index (χ2v) is 8.41. The van der Waals surface area contributed by atoms with Gasteiger partial charge in [-0.3, -0.25) is 9.59 Å². The summed E-state index contributed by atoms with van der Waals surface area (Å²) >= 11 is 0. The number of nitrogens with zero attached hydrogens (tertiary/aromatic N) is 2. The van der Waals surface area contributed by atoms with E-state index in [1.165, 1.54) is 32.4 Å². The number of aliphatic carboxylic acids is 1. The number of benzene rings is 2. The highest BCUT2D eigenvalue weighted by Gasteiger charge is 2.12. The molecule has 1 amide bonds.